The molecule has 0 amide bonds. The highest BCUT2D eigenvalue weighted by Gasteiger charge is 2.31. The molecule has 0 spiro atoms. The van der Waals surface area contributed by atoms with Crippen molar-refractivity contribution in [2.24, 2.45) is 5.73 Å². The van der Waals surface area contributed by atoms with Crippen LogP contribution in [0.1, 0.15) is 46.5 Å². The quantitative estimate of drug-likeness (QED) is 0.875. The van der Waals surface area contributed by atoms with Crippen LogP contribution < -0.4 is 5.73 Å². The number of hydrogen-bond donors (Lipinski definition) is 1. The van der Waals surface area contributed by atoms with E-state index in [1.54, 1.807) is 12.1 Å². The average Bonchev–Trinajstić information content (AvgIpc) is 2.61. The van der Waals surface area contributed by atoms with Gasteiger partial charge in [0.15, 0.2) is 0 Å². The van der Waals surface area contributed by atoms with Gasteiger partial charge in [-0.25, -0.2) is 9.18 Å². The highest BCUT2D eigenvalue weighted by Crippen LogP contribution is 2.39. The molecule has 0 saturated carbocycles. The van der Waals surface area contributed by atoms with E-state index >= 15 is 0 Å². The van der Waals surface area contributed by atoms with Crippen LogP contribution in [-0.4, -0.2) is 19.1 Å². The molecule has 2 aromatic carbocycles. The number of benzene rings is 2. The summed E-state index contributed by atoms with van der Waals surface area (Å²) in [5.74, 6) is -1.05. The number of ether oxygens (including phenoxy) is 2. The summed E-state index contributed by atoms with van der Waals surface area (Å²) in [4.78, 5) is 11.5. The number of carbonyl (C=O) groups is 1. The molecule has 2 aromatic rings. The Hall–Kier alpha value is -2.24. The van der Waals surface area contributed by atoms with Gasteiger partial charge in [-0.15, -0.1) is 0 Å². The molecule has 0 bridgehead atoms. The molecule has 126 valence electrons. The van der Waals surface area contributed by atoms with E-state index in [0.717, 1.165) is 5.56 Å². The molecule has 1 unspecified atom stereocenters. The molecule has 4 nitrogen and oxygen atoms in total. The average molecular weight is 329 g/mol. The van der Waals surface area contributed by atoms with Crippen molar-refractivity contribution < 1.29 is 18.7 Å². The monoisotopic (exact) mass is 329 g/mol. The van der Waals surface area contributed by atoms with Crippen molar-refractivity contribution in [3.63, 3.8) is 0 Å². The number of halogens is 1. The van der Waals surface area contributed by atoms with Gasteiger partial charge in [0.05, 0.1) is 24.9 Å². The Kier molecular flexibility index (Phi) is 4.92. The topological polar surface area (TPSA) is 61.5 Å². The molecule has 0 aliphatic carbocycles. The number of hydrogen-bond acceptors (Lipinski definition) is 4. The van der Waals surface area contributed by atoms with Gasteiger partial charge in [0.1, 0.15) is 5.82 Å². The molecule has 24 heavy (non-hydrogen) atoms. The van der Waals surface area contributed by atoms with Crippen LogP contribution >= 0.6 is 0 Å². The number of rotatable bonds is 3. The van der Waals surface area contributed by atoms with Crippen molar-refractivity contribution in [2.75, 3.05) is 7.11 Å². The Labute approximate surface area is 140 Å². The Morgan fingerprint density at radius 1 is 1.17 bits per heavy atom. The predicted octanol–water partition coefficient (Wildman–Crippen LogP) is 3.53. The minimum Gasteiger partial charge on any atom is -0.465 e. The SMILES string of the molecule is COC(=O)c1ccc([C@H]2CC(N)C[C@@H](c3ccccc3)O2)c(F)c1. The molecular formula is C19H20FNO3. The first kappa shape index (κ1) is 16.6. The predicted molar refractivity (Wildman–Crippen MR) is 88.0 cm³/mol. The summed E-state index contributed by atoms with van der Waals surface area (Å²) in [6.07, 6.45) is 0.630. The van der Waals surface area contributed by atoms with Crippen LogP contribution in [0.15, 0.2) is 48.5 Å². The molecule has 3 rings (SSSR count). The highest BCUT2D eigenvalue weighted by molar-refractivity contribution is 5.89. The van der Waals surface area contributed by atoms with Crippen molar-refractivity contribution in [2.45, 2.75) is 31.1 Å². The third-order valence-electron chi connectivity index (χ3n) is 4.30. The lowest BCUT2D eigenvalue weighted by molar-refractivity contribution is -0.0619. The van der Waals surface area contributed by atoms with Crippen molar-refractivity contribution in [1.29, 1.82) is 0 Å². The van der Waals surface area contributed by atoms with E-state index in [4.69, 9.17) is 10.5 Å². The zero-order valence-corrected chi connectivity index (χ0v) is 13.4. The van der Waals surface area contributed by atoms with Crippen LogP contribution in [0, 0.1) is 5.82 Å². The fraction of sp³-hybridized carbons (Fsp3) is 0.316. The zero-order valence-electron chi connectivity index (χ0n) is 13.4. The molecule has 3 atom stereocenters. The minimum absolute atomic E-state index is 0.0753. The summed E-state index contributed by atoms with van der Waals surface area (Å²) in [6, 6.07) is 14.0. The number of carbonyl (C=O) groups excluding carboxylic acids is 1. The largest absolute Gasteiger partial charge is 0.465 e. The van der Waals surface area contributed by atoms with Gasteiger partial charge in [-0.2, -0.15) is 0 Å². The summed E-state index contributed by atoms with van der Waals surface area (Å²) in [7, 11) is 1.27. The molecule has 1 heterocycles. The molecule has 5 heteroatoms. The smallest absolute Gasteiger partial charge is 0.337 e. The number of methoxy groups -OCH3 is 1. The maximum absolute atomic E-state index is 14.5. The van der Waals surface area contributed by atoms with E-state index in [9.17, 15) is 9.18 Å². The molecular weight excluding hydrogens is 309 g/mol. The zero-order chi connectivity index (χ0) is 17.1. The van der Waals surface area contributed by atoms with Crippen LogP contribution in [0.2, 0.25) is 0 Å². The first-order chi connectivity index (χ1) is 11.6. The van der Waals surface area contributed by atoms with Crippen molar-refractivity contribution >= 4 is 5.97 Å². The maximum atomic E-state index is 14.5. The van der Waals surface area contributed by atoms with Gasteiger partial charge >= 0.3 is 5.97 Å². The van der Waals surface area contributed by atoms with Gasteiger partial charge in [-0.05, 0) is 30.5 Å². The summed E-state index contributed by atoms with van der Waals surface area (Å²) in [6.45, 7) is 0. The third kappa shape index (κ3) is 3.47. The lowest BCUT2D eigenvalue weighted by atomic mass is 9.91. The van der Waals surface area contributed by atoms with Crippen molar-refractivity contribution in [3.05, 3.63) is 71.0 Å². The fourth-order valence-corrected chi connectivity index (χ4v) is 3.07. The molecule has 2 N–H and O–H groups in total. The Balaban J connectivity index is 1.84. The molecule has 1 fully saturated rings. The first-order valence-electron chi connectivity index (χ1n) is 7.92. The second-order valence-electron chi connectivity index (χ2n) is 5.98. The van der Waals surface area contributed by atoms with E-state index < -0.39 is 17.9 Å². The molecule has 0 radical (unpaired) electrons. The number of nitrogens with two attached hydrogens (primary N) is 1. The Morgan fingerprint density at radius 3 is 2.54 bits per heavy atom. The van der Waals surface area contributed by atoms with E-state index in [1.807, 2.05) is 30.3 Å². The summed E-state index contributed by atoms with van der Waals surface area (Å²) in [5.41, 5.74) is 7.79. The van der Waals surface area contributed by atoms with Gasteiger partial charge < -0.3 is 15.2 Å². The van der Waals surface area contributed by atoms with Crippen LogP contribution in [0.5, 0.6) is 0 Å². The second kappa shape index (κ2) is 7.11. The first-order valence-corrected chi connectivity index (χ1v) is 7.92. The fourth-order valence-electron chi connectivity index (χ4n) is 3.07. The summed E-state index contributed by atoms with van der Waals surface area (Å²) < 4.78 is 25.2. The summed E-state index contributed by atoms with van der Waals surface area (Å²) >= 11 is 0. The third-order valence-corrected chi connectivity index (χ3v) is 4.30. The maximum Gasteiger partial charge on any atom is 0.337 e. The van der Waals surface area contributed by atoms with Crippen LogP contribution in [0.3, 0.4) is 0 Å². The van der Waals surface area contributed by atoms with E-state index in [2.05, 4.69) is 4.74 Å². The normalized spacial score (nSPS) is 23.7. The molecule has 1 aliphatic rings. The molecule has 1 aliphatic heterocycles. The van der Waals surface area contributed by atoms with Crippen molar-refractivity contribution in [1.82, 2.24) is 0 Å². The van der Waals surface area contributed by atoms with Gasteiger partial charge in [0.2, 0.25) is 0 Å². The van der Waals surface area contributed by atoms with Gasteiger partial charge in [-0.1, -0.05) is 36.4 Å². The molecule has 0 aromatic heterocycles. The standard InChI is InChI=1S/C19H20FNO3/c1-23-19(22)13-7-8-15(16(20)9-13)18-11-14(21)10-17(24-18)12-5-3-2-4-6-12/h2-9,14,17-18H,10-11,21H2,1H3/t14?,17-,18+/m0/s1. The second-order valence-corrected chi connectivity index (χ2v) is 5.98. The van der Waals surface area contributed by atoms with Crippen LogP contribution in [-0.2, 0) is 9.47 Å². The van der Waals surface area contributed by atoms with Crippen molar-refractivity contribution in [3.8, 4) is 0 Å². The van der Waals surface area contributed by atoms with Crippen LogP contribution in [0.25, 0.3) is 0 Å². The summed E-state index contributed by atoms with van der Waals surface area (Å²) in [5, 5.41) is 0. The van der Waals surface area contributed by atoms with Gasteiger partial charge in [0.25, 0.3) is 0 Å². The van der Waals surface area contributed by atoms with E-state index in [0.29, 0.717) is 18.4 Å². The Bertz CT molecular complexity index is 720. The van der Waals surface area contributed by atoms with Crippen LogP contribution in [0.4, 0.5) is 4.39 Å². The lowest BCUT2D eigenvalue weighted by Crippen LogP contribution is -2.33. The van der Waals surface area contributed by atoms with E-state index in [-0.39, 0.29) is 17.7 Å². The Morgan fingerprint density at radius 2 is 1.88 bits per heavy atom. The minimum atomic E-state index is -0.566. The highest BCUT2D eigenvalue weighted by atomic mass is 19.1. The van der Waals surface area contributed by atoms with Gasteiger partial charge in [0, 0.05) is 11.6 Å². The number of esters is 1. The van der Waals surface area contributed by atoms with E-state index in [1.165, 1.54) is 13.2 Å². The van der Waals surface area contributed by atoms with Gasteiger partial charge in [-0.3, -0.25) is 0 Å². The molecule has 1 saturated heterocycles. The lowest BCUT2D eigenvalue weighted by Gasteiger charge is -2.34.